The van der Waals surface area contributed by atoms with Gasteiger partial charge in [0, 0.05) is 44.4 Å². The van der Waals surface area contributed by atoms with E-state index in [-0.39, 0.29) is 12.2 Å². The third-order valence-corrected chi connectivity index (χ3v) is 6.15. The molecule has 0 amide bonds. The van der Waals surface area contributed by atoms with Crippen molar-refractivity contribution in [1.29, 1.82) is 0 Å². The molecule has 3 aromatic rings. The molecule has 0 aliphatic carbocycles. The first kappa shape index (κ1) is 25.5. The molecule has 3 rings (SSSR count). The monoisotopic (exact) mass is 473 g/mol. The largest absolute Gasteiger partial charge is 0.389 e. The van der Waals surface area contributed by atoms with Crippen LogP contribution in [0.4, 0.5) is 0 Å². The van der Waals surface area contributed by atoms with Crippen molar-refractivity contribution in [1.82, 2.24) is 14.9 Å². The molecule has 0 aliphatic heterocycles. The summed E-state index contributed by atoms with van der Waals surface area (Å²) in [5.41, 5.74) is 2.96. The van der Waals surface area contributed by atoms with Crippen LogP contribution in [0.2, 0.25) is 0 Å². The maximum atomic E-state index is 13.0. The Morgan fingerprint density at radius 2 is 1.97 bits per heavy atom. The van der Waals surface area contributed by atoms with Crippen molar-refractivity contribution >= 4 is 21.6 Å². The minimum absolute atomic E-state index is 0.135. The topological polar surface area (TPSA) is 87.7 Å². The SMILES string of the molecule is COCCCN(Cc1nc2scc(-c3ccc(C)cc3)c2c(=O)[nH]1)C[C@@H](O)COCC(C)C. The highest BCUT2D eigenvalue weighted by Crippen LogP contribution is 2.30. The molecule has 180 valence electrons. The highest BCUT2D eigenvalue weighted by Gasteiger charge is 2.17. The summed E-state index contributed by atoms with van der Waals surface area (Å²) in [7, 11) is 1.67. The van der Waals surface area contributed by atoms with Gasteiger partial charge in [0.1, 0.15) is 10.7 Å². The number of fused-ring (bicyclic) bond motifs is 1. The van der Waals surface area contributed by atoms with Crippen molar-refractivity contribution in [3.8, 4) is 11.1 Å². The summed E-state index contributed by atoms with van der Waals surface area (Å²) in [6.45, 7) is 9.33. The van der Waals surface area contributed by atoms with Gasteiger partial charge in [-0.15, -0.1) is 11.3 Å². The van der Waals surface area contributed by atoms with Gasteiger partial charge in [-0.3, -0.25) is 9.69 Å². The molecule has 2 heterocycles. The molecule has 0 bridgehead atoms. The minimum atomic E-state index is -0.614. The molecular weight excluding hydrogens is 438 g/mol. The van der Waals surface area contributed by atoms with Gasteiger partial charge in [-0.25, -0.2) is 4.98 Å². The van der Waals surface area contributed by atoms with Gasteiger partial charge in [-0.05, 0) is 24.8 Å². The second kappa shape index (κ2) is 12.4. The van der Waals surface area contributed by atoms with Gasteiger partial charge in [-0.1, -0.05) is 43.7 Å². The van der Waals surface area contributed by atoms with Crippen LogP contribution in [0, 0.1) is 12.8 Å². The zero-order chi connectivity index (χ0) is 23.8. The van der Waals surface area contributed by atoms with Gasteiger partial charge in [0.15, 0.2) is 0 Å². The lowest BCUT2D eigenvalue weighted by Crippen LogP contribution is -2.36. The summed E-state index contributed by atoms with van der Waals surface area (Å²) in [6, 6.07) is 8.15. The number of aliphatic hydroxyl groups is 1. The number of methoxy groups -OCH3 is 1. The van der Waals surface area contributed by atoms with Crippen LogP contribution < -0.4 is 5.56 Å². The normalized spacial score (nSPS) is 12.8. The Morgan fingerprint density at radius 1 is 1.21 bits per heavy atom. The summed E-state index contributed by atoms with van der Waals surface area (Å²) in [5.74, 6) is 1.02. The quantitative estimate of drug-likeness (QED) is 0.367. The molecular formula is C25H35N3O4S. The van der Waals surface area contributed by atoms with Crippen LogP contribution in [0.15, 0.2) is 34.4 Å². The number of hydrogen-bond donors (Lipinski definition) is 2. The van der Waals surface area contributed by atoms with E-state index in [0.29, 0.717) is 43.4 Å². The van der Waals surface area contributed by atoms with E-state index in [9.17, 15) is 9.90 Å². The summed E-state index contributed by atoms with van der Waals surface area (Å²) in [5, 5.41) is 13.1. The van der Waals surface area contributed by atoms with Crippen molar-refractivity contribution in [3.05, 3.63) is 51.4 Å². The van der Waals surface area contributed by atoms with Crippen LogP contribution in [0.25, 0.3) is 21.3 Å². The lowest BCUT2D eigenvalue weighted by molar-refractivity contribution is 0.00544. The van der Waals surface area contributed by atoms with E-state index in [4.69, 9.17) is 14.5 Å². The number of nitrogens with zero attached hydrogens (tertiary/aromatic N) is 2. The summed E-state index contributed by atoms with van der Waals surface area (Å²) in [6.07, 6.45) is 0.204. The van der Waals surface area contributed by atoms with E-state index >= 15 is 0 Å². The number of hydrogen-bond acceptors (Lipinski definition) is 7. The van der Waals surface area contributed by atoms with Crippen molar-refractivity contribution in [2.75, 3.05) is 40.0 Å². The molecule has 2 aromatic heterocycles. The van der Waals surface area contributed by atoms with Crippen LogP contribution in [0.5, 0.6) is 0 Å². The number of rotatable bonds is 13. The Morgan fingerprint density at radius 3 is 2.67 bits per heavy atom. The molecule has 1 aromatic carbocycles. The number of ether oxygens (including phenoxy) is 2. The number of aromatic nitrogens is 2. The number of aryl methyl sites for hydroxylation is 1. The Hall–Kier alpha value is -2.10. The average molecular weight is 474 g/mol. The summed E-state index contributed by atoms with van der Waals surface area (Å²) < 4.78 is 10.8. The average Bonchev–Trinajstić information content (AvgIpc) is 3.18. The fourth-order valence-electron chi connectivity index (χ4n) is 3.68. The van der Waals surface area contributed by atoms with Crippen molar-refractivity contribution in [2.45, 2.75) is 39.8 Å². The van der Waals surface area contributed by atoms with Gasteiger partial charge >= 0.3 is 0 Å². The van der Waals surface area contributed by atoms with E-state index in [1.54, 1.807) is 7.11 Å². The first-order valence-corrected chi connectivity index (χ1v) is 12.3. The molecule has 7 nitrogen and oxygen atoms in total. The molecule has 1 atom stereocenters. The molecule has 0 aliphatic rings. The zero-order valence-electron chi connectivity index (χ0n) is 20.0. The molecule has 0 saturated heterocycles. The third kappa shape index (κ3) is 7.45. The summed E-state index contributed by atoms with van der Waals surface area (Å²) in [4.78, 5) is 23.5. The predicted molar refractivity (Wildman–Crippen MR) is 134 cm³/mol. The molecule has 0 spiro atoms. The molecule has 2 N–H and O–H groups in total. The maximum Gasteiger partial charge on any atom is 0.260 e. The van der Waals surface area contributed by atoms with Crippen LogP contribution in [-0.4, -0.2) is 66.1 Å². The Labute approximate surface area is 199 Å². The number of H-pyrrole nitrogens is 1. The van der Waals surface area contributed by atoms with Crippen LogP contribution in [0.3, 0.4) is 0 Å². The first-order valence-electron chi connectivity index (χ1n) is 11.4. The number of aliphatic hydroxyl groups excluding tert-OH is 1. The first-order chi connectivity index (χ1) is 15.9. The van der Waals surface area contributed by atoms with E-state index in [0.717, 1.165) is 28.9 Å². The molecule has 0 unspecified atom stereocenters. The molecule has 33 heavy (non-hydrogen) atoms. The van der Waals surface area contributed by atoms with Gasteiger partial charge in [-0.2, -0.15) is 0 Å². The van der Waals surface area contributed by atoms with Crippen molar-refractivity contribution < 1.29 is 14.6 Å². The molecule has 0 fully saturated rings. The van der Waals surface area contributed by atoms with Crippen LogP contribution in [-0.2, 0) is 16.0 Å². The highest BCUT2D eigenvalue weighted by atomic mass is 32.1. The maximum absolute atomic E-state index is 13.0. The fraction of sp³-hybridized carbons (Fsp3) is 0.520. The van der Waals surface area contributed by atoms with Gasteiger partial charge < -0.3 is 19.6 Å². The smallest absolute Gasteiger partial charge is 0.260 e. The van der Waals surface area contributed by atoms with Crippen molar-refractivity contribution in [2.24, 2.45) is 5.92 Å². The van der Waals surface area contributed by atoms with Crippen LogP contribution in [0.1, 0.15) is 31.7 Å². The highest BCUT2D eigenvalue weighted by molar-refractivity contribution is 7.17. The lowest BCUT2D eigenvalue weighted by atomic mass is 10.1. The second-order valence-corrected chi connectivity index (χ2v) is 9.73. The number of thiophene rings is 1. The standard InChI is InChI=1S/C25H35N3O4S/c1-17(2)14-32-15-20(29)12-28(10-5-11-31-4)13-22-26-24(30)23-21(16-33-25(23)27-22)19-8-6-18(3)7-9-19/h6-9,16-17,20,29H,5,10-15H2,1-4H3,(H,26,27,30)/t20-/m1/s1. The summed E-state index contributed by atoms with van der Waals surface area (Å²) >= 11 is 1.48. The van der Waals surface area contributed by atoms with E-state index in [1.165, 1.54) is 16.9 Å². The predicted octanol–water partition coefficient (Wildman–Crippen LogP) is 3.83. The Bertz CT molecular complexity index is 1060. The van der Waals surface area contributed by atoms with Gasteiger partial charge in [0.05, 0.1) is 24.6 Å². The minimum Gasteiger partial charge on any atom is -0.389 e. The fourth-order valence-corrected chi connectivity index (χ4v) is 4.65. The third-order valence-electron chi connectivity index (χ3n) is 5.28. The zero-order valence-corrected chi connectivity index (χ0v) is 20.8. The number of nitrogens with one attached hydrogen (secondary N) is 1. The molecule has 0 saturated carbocycles. The van der Waals surface area contributed by atoms with E-state index in [2.05, 4.69) is 23.7 Å². The van der Waals surface area contributed by atoms with Crippen molar-refractivity contribution in [3.63, 3.8) is 0 Å². The number of aromatic amines is 1. The van der Waals surface area contributed by atoms with E-state index < -0.39 is 6.10 Å². The van der Waals surface area contributed by atoms with Gasteiger partial charge in [0.25, 0.3) is 5.56 Å². The van der Waals surface area contributed by atoms with E-state index in [1.807, 2.05) is 36.6 Å². The van der Waals surface area contributed by atoms with Crippen LogP contribution >= 0.6 is 11.3 Å². The van der Waals surface area contributed by atoms with Gasteiger partial charge in [0.2, 0.25) is 0 Å². The second-order valence-electron chi connectivity index (χ2n) is 8.87. The molecule has 0 radical (unpaired) electrons. The number of benzene rings is 1. The Balaban J connectivity index is 1.76. The Kier molecular flexibility index (Phi) is 9.58. The lowest BCUT2D eigenvalue weighted by Gasteiger charge is -2.24. The molecule has 8 heteroatoms.